The minimum absolute atomic E-state index is 0.367. The lowest BCUT2D eigenvalue weighted by Gasteiger charge is -2.12. The first kappa shape index (κ1) is 26.5. The Hall–Kier alpha value is -4.67. The molecule has 0 fully saturated rings. The highest BCUT2D eigenvalue weighted by atomic mass is 19.1. The van der Waals surface area contributed by atoms with E-state index in [0.717, 1.165) is 69.6 Å². The van der Waals surface area contributed by atoms with Gasteiger partial charge in [0.15, 0.2) is 0 Å². The fourth-order valence-corrected chi connectivity index (χ4v) is 4.80. The number of aromatic nitrogens is 6. The van der Waals surface area contributed by atoms with Gasteiger partial charge in [-0.2, -0.15) is 5.10 Å². The molecular weight excluding hydrogens is 519 g/mol. The summed E-state index contributed by atoms with van der Waals surface area (Å²) in [5.41, 5.74) is 8.16. The molecule has 3 N–H and O–H groups in total. The summed E-state index contributed by atoms with van der Waals surface area (Å²) in [6, 6.07) is 12.8. The molecule has 0 saturated carbocycles. The van der Waals surface area contributed by atoms with E-state index in [1.165, 1.54) is 12.1 Å². The predicted molar refractivity (Wildman–Crippen MR) is 159 cm³/mol. The van der Waals surface area contributed by atoms with Crippen LogP contribution in [0.25, 0.3) is 55.7 Å². The van der Waals surface area contributed by atoms with Gasteiger partial charge in [-0.3, -0.25) is 15.1 Å². The molecule has 0 amide bonds. The van der Waals surface area contributed by atoms with E-state index < -0.39 is 0 Å². The molecule has 0 aliphatic carbocycles. The van der Waals surface area contributed by atoms with Gasteiger partial charge in [0, 0.05) is 54.3 Å². The van der Waals surface area contributed by atoms with Crippen LogP contribution >= 0.6 is 0 Å². The Morgan fingerprint density at radius 1 is 0.951 bits per heavy atom. The van der Waals surface area contributed by atoms with Crippen LogP contribution in [0.3, 0.4) is 0 Å². The molecule has 0 aliphatic heterocycles. The van der Waals surface area contributed by atoms with Crippen LogP contribution in [0.15, 0.2) is 67.3 Å². The van der Waals surface area contributed by atoms with Gasteiger partial charge in [-0.25, -0.2) is 9.37 Å². The number of fused-ring (bicyclic) bond motifs is 2. The van der Waals surface area contributed by atoms with Crippen LogP contribution in [0, 0.1) is 5.82 Å². The number of nitrogens with one attached hydrogen (secondary N) is 3. The lowest BCUT2D eigenvalue weighted by atomic mass is 10.0. The van der Waals surface area contributed by atoms with Crippen molar-refractivity contribution in [1.29, 1.82) is 0 Å². The second-order valence-electron chi connectivity index (χ2n) is 10.2. The smallest absolute Gasteiger partial charge is 0.135 e. The molecule has 10 heteroatoms. The molecule has 5 aromatic heterocycles. The van der Waals surface area contributed by atoms with Crippen molar-refractivity contribution in [2.75, 3.05) is 33.8 Å². The molecule has 6 rings (SSSR count). The summed E-state index contributed by atoms with van der Waals surface area (Å²) >= 11 is 0. The number of pyridine rings is 3. The van der Waals surface area contributed by atoms with Crippen molar-refractivity contribution >= 4 is 21.9 Å². The fraction of sp³-hybridized carbons (Fsp3) is 0.226. The summed E-state index contributed by atoms with van der Waals surface area (Å²) in [5, 5.41) is 11.9. The molecule has 208 valence electrons. The zero-order chi connectivity index (χ0) is 28.3. The third-order valence-corrected chi connectivity index (χ3v) is 6.87. The van der Waals surface area contributed by atoms with Gasteiger partial charge in [0.2, 0.25) is 0 Å². The van der Waals surface area contributed by atoms with Crippen molar-refractivity contribution in [3.8, 4) is 39.5 Å². The molecule has 6 aromatic rings. The number of halogens is 1. The van der Waals surface area contributed by atoms with Gasteiger partial charge < -0.3 is 19.9 Å². The Bertz CT molecular complexity index is 1830. The van der Waals surface area contributed by atoms with Crippen LogP contribution in [0.2, 0.25) is 0 Å². The van der Waals surface area contributed by atoms with E-state index >= 15 is 0 Å². The average molecular weight is 551 g/mol. The Morgan fingerprint density at radius 2 is 1.83 bits per heavy atom. The van der Waals surface area contributed by atoms with Gasteiger partial charge >= 0.3 is 0 Å². The summed E-state index contributed by atoms with van der Waals surface area (Å²) in [5.74, 6) is 0.114. The van der Waals surface area contributed by atoms with E-state index in [1.54, 1.807) is 12.4 Å². The molecule has 5 heterocycles. The highest BCUT2D eigenvalue weighted by molar-refractivity contribution is 6.00. The highest BCUT2D eigenvalue weighted by Gasteiger charge is 2.17. The van der Waals surface area contributed by atoms with E-state index in [9.17, 15) is 4.39 Å². The molecule has 0 bridgehead atoms. The first-order valence-electron chi connectivity index (χ1n) is 13.5. The molecule has 0 saturated heterocycles. The highest BCUT2D eigenvalue weighted by Crippen LogP contribution is 2.35. The summed E-state index contributed by atoms with van der Waals surface area (Å²) < 4.78 is 20.4. The van der Waals surface area contributed by atoms with Gasteiger partial charge in [0.25, 0.3) is 0 Å². The molecule has 0 unspecified atom stereocenters. The minimum atomic E-state index is -0.367. The summed E-state index contributed by atoms with van der Waals surface area (Å²) in [4.78, 5) is 19.2. The van der Waals surface area contributed by atoms with E-state index in [1.807, 2.05) is 55.7 Å². The Balaban J connectivity index is 1.37. The first-order chi connectivity index (χ1) is 20.0. The second kappa shape index (κ2) is 11.4. The summed E-state index contributed by atoms with van der Waals surface area (Å²) in [6.07, 6.45) is 7.18. The van der Waals surface area contributed by atoms with Crippen LogP contribution in [0.5, 0.6) is 5.75 Å². The molecule has 9 nitrogen and oxygen atoms in total. The number of hydrogen-bond donors (Lipinski definition) is 3. The quantitative estimate of drug-likeness (QED) is 0.209. The standard InChI is InChI=1S/C31H31FN8O/c1-4-33-14-19-9-21(16-34-15-19)26-5-6-27-30(37-26)31(39-38-27)28-13-24-25(17-35-18-29(24)36-28)20-10-22(32)12-23(11-20)41-8-7-40(2)3/h5-6,9-13,15-18,33,36H,4,7-8,14H2,1-3H3,(H,38,39). The topological polar surface area (TPSA) is 108 Å². The van der Waals surface area contributed by atoms with Crippen molar-refractivity contribution in [2.45, 2.75) is 13.5 Å². The van der Waals surface area contributed by atoms with Crippen molar-refractivity contribution < 1.29 is 9.13 Å². The fourth-order valence-electron chi connectivity index (χ4n) is 4.80. The molecule has 0 aliphatic rings. The SMILES string of the molecule is CCNCc1cncc(-c2ccc3[nH]nc(-c4cc5c(-c6cc(F)cc(OCCN(C)C)c6)cncc5[nH]4)c3n2)c1. The molecule has 0 spiro atoms. The number of nitrogens with zero attached hydrogens (tertiary/aromatic N) is 5. The predicted octanol–water partition coefficient (Wildman–Crippen LogP) is 5.42. The first-order valence-corrected chi connectivity index (χ1v) is 13.5. The Labute approximate surface area is 236 Å². The number of H-pyrrole nitrogens is 2. The molecule has 0 atom stereocenters. The Morgan fingerprint density at radius 3 is 2.68 bits per heavy atom. The second-order valence-corrected chi connectivity index (χ2v) is 10.2. The lowest BCUT2D eigenvalue weighted by Crippen LogP contribution is -2.19. The van der Waals surface area contributed by atoms with Crippen LogP contribution < -0.4 is 10.1 Å². The maximum atomic E-state index is 14.6. The lowest BCUT2D eigenvalue weighted by molar-refractivity contribution is 0.260. The number of hydrogen-bond acceptors (Lipinski definition) is 7. The minimum Gasteiger partial charge on any atom is -0.492 e. The van der Waals surface area contributed by atoms with Crippen LogP contribution in [0.1, 0.15) is 12.5 Å². The number of aromatic amines is 2. The average Bonchev–Trinajstić information content (AvgIpc) is 3.59. The maximum absolute atomic E-state index is 14.6. The number of benzene rings is 1. The third kappa shape index (κ3) is 5.65. The number of ether oxygens (including phenoxy) is 1. The normalized spacial score (nSPS) is 11.6. The van der Waals surface area contributed by atoms with Crippen LogP contribution in [-0.4, -0.2) is 68.8 Å². The number of rotatable bonds is 10. The zero-order valence-corrected chi connectivity index (χ0v) is 23.2. The molecule has 1 aromatic carbocycles. The van der Waals surface area contributed by atoms with Gasteiger partial charge in [-0.15, -0.1) is 0 Å². The summed E-state index contributed by atoms with van der Waals surface area (Å²) in [7, 11) is 3.94. The summed E-state index contributed by atoms with van der Waals surface area (Å²) in [6.45, 7) is 4.91. The third-order valence-electron chi connectivity index (χ3n) is 6.87. The number of likely N-dealkylation sites (N-methyl/N-ethyl adjacent to an activating group) is 1. The van der Waals surface area contributed by atoms with E-state index in [0.29, 0.717) is 23.6 Å². The Kier molecular flexibility index (Phi) is 7.41. The largest absolute Gasteiger partial charge is 0.492 e. The maximum Gasteiger partial charge on any atom is 0.135 e. The van der Waals surface area contributed by atoms with Gasteiger partial charge in [-0.1, -0.05) is 6.92 Å². The monoisotopic (exact) mass is 550 g/mol. The van der Waals surface area contributed by atoms with E-state index in [-0.39, 0.29) is 5.82 Å². The van der Waals surface area contributed by atoms with Gasteiger partial charge in [0.05, 0.1) is 28.6 Å². The van der Waals surface area contributed by atoms with Gasteiger partial charge in [0.1, 0.15) is 29.4 Å². The van der Waals surface area contributed by atoms with Crippen molar-refractivity contribution in [2.24, 2.45) is 0 Å². The van der Waals surface area contributed by atoms with E-state index in [4.69, 9.17) is 9.72 Å². The molecule has 41 heavy (non-hydrogen) atoms. The van der Waals surface area contributed by atoms with Crippen LogP contribution in [-0.2, 0) is 6.54 Å². The van der Waals surface area contributed by atoms with Crippen molar-refractivity contribution in [3.05, 3.63) is 78.6 Å². The van der Waals surface area contributed by atoms with Gasteiger partial charge in [-0.05, 0) is 68.2 Å². The van der Waals surface area contributed by atoms with Crippen molar-refractivity contribution in [3.63, 3.8) is 0 Å². The van der Waals surface area contributed by atoms with Crippen molar-refractivity contribution in [1.82, 2.24) is 40.3 Å². The zero-order valence-electron chi connectivity index (χ0n) is 23.2. The van der Waals surface area contributed by atoms with E-state index in [2.05, 4.69) is 43.5 Å². The molecular formula is C31H31FN8O. The molecule has 0 radical (unpaired) electrons. The van der Waals surface area contributed by atoms with Crippen LogP contribution in [0.4, 0.5) is 4.39 Å².